The Morgan fingerprint density at radius 1 is 1.09 bits per heavy atom. The molecular weight excluding hydrogens is 503 g/mol. The van der Waals surface area contributed by atoms with Gasteiger partial charge in [-0.3, -0.25) is 14.4 Å². The fourth-order valence-electron chi connectivity index (χ4n) is 3.78. The summed E-state index contributed by atoms with van der Waals surface area (Å²) < 4.78 is 39.8. The lowest BCUT2D eigenvalue weighted by Gasteiger charge is -2.32. The molecule has 0 saturated carbocycles. The first-order valence-corrected chi connectivity index (χ1v) is 12.4. The van der Waals surface area contributed by atoms with Crippen molar-refractivity contribution in [2.24, 2.45) is 5.92 Å². The molecule has 186 valence electrons. The summed E-state index contributed by atoms with van der Waals surface area (Å²) in [6.45, 7) is 2.68. The first-order chi connectivity index (χ1) is 16.4. The Labute approximate surface area is 208 Å². The van der Waals surface area contributed by atoms with Gasteiger partial charge in [0.1, 0.15) is 11.4 Å². The number of carboxylic acids is 1. The molecule has 0 radical (unpaired) electrons. The summed E-state index contributed by atoms with van der Waals surface area (Å²) in [5.74, 6) is -3.66. The molecule has 4 atom stereocenters. The Morgan fingerprint density at radius 3 is 2.31 bits per heavy atom. The molecule has 0 aromatic heterocycles. The molecule has 2 aromatic rings. The number of halogens is 3. The van der Waals surface area contributed by atoms with Crippen LogP contribution in [0.2, 0.25) is 0 Å². The summed E-state index contributed by atoms with van der Waals surface area (Å²) in [7, 11) is 0. The highest BCUT2D eigenvalue weighted by Gasteiger charge is 2.46. The van der Waals surface area contributed by atoms with Gasteiger partial charge in [-0.15, -0.1) is 11.8 Å². The Morgan fingerprint density at radius 2 is 1.74 bits per heavy atom. The number of rotatable bonds is 7. The van der Waals surface area contributed by atoms with Gasteiger partial charge in [0, 0.05) is 18.2 Å². The average Bonchev–Trinajstić information content (AvgIpc) is 3.27. The van der Waals surface area contributed by atoms with Crippen molar-refractivity contribution in [3.63, 3.8) is 0 Å². The van der Waals surface area contributed by atoms with Crippen molar-refractivity contribution in [3.05, 3.63) is 71.3 Å². The lowest BCUT2D eigenvalue weighted by atomic mass is 9.96. The molecule has 1 aliphatic rings. The van der Waals surface area contributed by atoms with E-state index in [4.69, 9.17) is 0 Å². The molecule has 11 heteroatoms. The van der Waals surface area contributed by atoms with Crippen LogP contribution in [0.3, 0.4) is 0 Å². The lowest BCUT2D eigenvalue weighted by molar-refractivity contribution is -0.150. The number of aliphatic carboxylic acids is 1. The molecular formula is C24H22F3NO5S2. The van der Waals surface area contributed by atoms with Crippen LogP contribution in [0, 0.1) is 5.92 Å². The lowest BCUT2D eigenvalue weighted by Crippen LogP contribution is -2.48. The predicted octanol–water partition coefficient (Wildman–Crippen LogP) is 4.90. The van der Waals surface area contributed by atoms with Gasteiger partial charge in [-0.25, -0.2) is 4.79 Å². The molecule has 0 spiro atoms. The van der Waals surface area contributed by atoms with Crippen molar-refractivity contribution in [1.29, 1.82) is 0 Å². The number of amides is 1. The van der Waals surface area contributed by atoms with Gasteiger partial charge >= 0.3 is 12.1 Å². The van der Waals surface area contributed by atoms with E-state index < -0.39 is 57.1 Å². The minimum absolute atomic E-state index is 0.0359. The zero-order chi connectivity index (χ0) is 25.9. The molecule has 1 heterocycles. The van der Waals surface area contributed by atoms with Crippen LogP contribution in [-0.2, 0) is 20.6 Å². The average molecular weight is 526 g/mol. The second kappa shape index (κ2) is 10.9. The molecule has 1 saturated heterocycles. The Balaban J connectivity index is 1.99. The van der Waals surface area contributed by atoms with Crippen molar-refractivity contribution in [2.45, 2.75) is 36.7 Å². The minimum atomic E-state index is -4.61. The van der Waals surface area contributed by atoms with E-state index in [1.165, 1.54) is 26.0 Å². The van der Waals surface area contributed by atoms with Gasteiger partial charge in [0.05, 0.1) is 16.7 Å². The van der Waals surface area contributed by atoms with Crippen molar-refractivity contribution in [1.82, 2.24) is 4.90 Å². The van der Waals surface area contributed by atoms with Crippen molar-refractivity contribution in [3.8, 4) is 0 Å². The van der Waals surface area contributed by atoms with E-state index in [9.17, 15) is 37.5 Å². The number of ketones is 1. The van der Waals surface area contributed by atoms with Crippen molar-refractivity contribution < 1.29 is 37.5 Å². The SMILES string of the molecule is CC(=O)SC(C(=O)c1ccccc1)[C@@H](C)C(=O)N1C(c2cccc(C(F)(F)F)c2)SC[C@H]1C(=O)O. The maximum Gasteiger partial charge on any atom is 0.416 e. The molecule has 0 bridgehead atoms. The maximum atomic E-state index is 13.6. The smallest absolute Gasteiger partial charge is 0.416 e. The topological polar surface area (TPSA) is 91.8 Å². The predicted molar refractivity (Wildman–Crippen MR) is 127 cm³/mol. The first kappa shape index (κ1) is 26.8. The maximum absolute atomic E-state index is 13.6. The zero-order valence-corrected chi connectivity index (χ0v) is 20.3. The van der Waals surface area contributed by atoms with Crippen LogP contribution < -0.4 is 0 Å². The van der Waals surface area contributed by atoms with E-state index >= 15 is 0 Å². The summed E-state index contributed by atoms with van der Waals surface area (Å²) >= 11 is 1.70. The number of alkyl halides is 3. The monoisotopic (exact) mass is 525 g/mol. The van der Waals surface area contributed by atoms with Gasteiger partial charge in [0.2, 0.25) is 5.91 Å². The largest absolute Gasteiger partial charge is 0.480 e. The third-order valence-corrected chi connectivity index (χ3v) is 8.02. The number of carbonyl (C=O) groups is 4. The molecule has 35 heavy (non-hydrogen) atoms. The minimum Gasteiger partial charge on any atom is -0.480 e. The molecule has 1 amide bonds. The van der Waals surface area contributed by atoms with E-state index in [1.807, 2.05) is 0 Å². The summed E-state index contributed by atoms with van der Waals surface area (Å²) in [4.78, 5) is 51.7. The highest BCUT2D eigenvalue weighted by Crippen LogP contribution is 2.44. The van der Waals surface area contributed by atoms with Crippen LogP contribution in [0.15, 0.2) is 54.6 Å². The number of benzene rings is 2. The third kappa shape index (κ3) is 6.07. The van der Waals surface area contributed by atoms with E-state index in [1.54, 1.807) is 30.3 Å². The van der Waals surface area contributed by atoms with Crippen LogP contribution in [-0.4, -0.2) is 49.8 Å². The van der Waals surface area contributed by atoms with Gasteiger partial charge in [-0.1, -0.05) is 61.2 Å². The molecule has 2 aromatic carbocycles. The van der Waals surface area contributed by atoms with Gasteiger partial charge in [0.15, 0.2) is 10.9 Å². The van der Waals surface area contributed by atoms with E-state index in [2.05, 4.69) is 0 Å². The highest BCUT2D eigenvalue weighted by atomic mass is 32.2. The summed E-state index contributed by atoms with van der Waals surface area (Å²) in [6.07, 6.45) is -4.61. The standard InChI is InChI=1S/C24H22F3NO5S2/c1-13(20(35-14(2)29)19(30)15-7-4-3-5-8-15)21(31)28-18(23(32)33)12-34-22(28)16-9-6-10-17(11-16)24(25,26)27/h3-11,13,18,20,22H,12H2,1-2H3,(H,32,33)/t13-,18+,20?,22?/m1/s1. The van der Waals surface area contributed by atoms with Crippen molar-refractivity contribution >= 4 is 46.3 Å². The number of hydrogen-bond donors (Lipinski definition) is 1. The van der Waals surface area contributed by atoms with Gasteiger partial charge in [0.25, 0.3) is 0 Å². The second-order valence-electron chi connectivity index (χ2n) is 7.96. The van der Waals surface area contributed by atoms with Crippen LogP contribution >= 0.6 is 23.5 Å². The fraction of sp³-hybridized carbons (Fsp3) is 0.333. The fourth-order valence-corrected chi connectivity index (χ4v) is 6.12. The normalized spacial score (nSPS) is 19.7. The second-order valence-corrected chi connectivity index (χ2v) is 10.4. The Bertz CT molecular complexity index is 1130. The third-order valence-electron chi connectivity index (χ3n) is 5.49. The number of carbonyl (C=O) groups excluding carboxylic acids is 3. The van der Waals surface area contributed by atoms with Crippen LogP contribution in [0.25, 0.3) is 0 Å². The van der Waals surface area contributed by atoms with E-state index in [0.29, 0.717) is 11.8 Å². The molecule has 0 aliphatic carbocycles. The molecule has 1 fully saturated rings. The van der Waals surface area contributed by atoms with Gasteiger partial charge in [-0.2, -0.15) is 13.2 Å². The van der Waals surface area contributed by atoms with Crippen LogP contribution in [0.5, 0.6) is 0 Å². The number of hydrogen-bond acceptors (Lipinski definition) is 6. The zero-order valence-electron chi connectivity index (χ0n) is 18.7. The van der Waals surface area contributed by atoms with Crippen LogP contribution in [0.1, 0.15) is 40.7 Å². The molecule has 6 nitrogen and oxygen atoms in total. The Kier molecular flexibility index (Phi) is 8.32. The molecule has 2 unspecified atom stereocenters. The highest BCUT2D eigenvalue weighted by molar-refractivity contribution is 8.14. The summed E-state index contributed by atoms with van der Waals surface area (Å²) in [5.41, 5.74) is -0.510. The molecule has 3 rings (SSSR count). The molecule has 1 N–H and O–H groups in total. The quantitative estimate of drug-likeness (QED) is 0.514. The number of thioether (sulfide) groups is 2. The number of Topliss-reactive ketones (excluding diaryl/α,β-unsaturated/α-hetero) is 1. The number of nitrogens with zero attached hydrogens (tertiary/aromatic N) is 1. The summed E-state index contributed by atoms with van der Waals surface area (Å²) in [6, 6.07) is 11.2. The van der Waals surface area contributed by atoms with Crippen molar-refractivity contribution in [2.75, 3.05) is 5.75 Å². The first-order valence-electron chi connectivity index (χ1n) is 10.5. The number of carboxylic acid groups (broad SMARTS) is 1. The van der Waals surface area contributed by atoms with E-state index in [0.717, 1.165) is 28.8 Å². The molecule has 1 aliphatic heterocycles. The summed E-state index contributed by atoms with van der Waals surface area (Å²) in [5, 5.41) is 7.19. The van der Waals surface area contributed by atoms with E-state index in [-0.39, 0.29) is 16.9 Å². The Hall–Kier alpha value is -2.79. The van der Waals surface area contributed by atoms with Gasteiger partial charge < -0.3 is 10.0 Å². The van der Waals surface area contributed by atoms with Crippen LogP contribution in [0.4, 0.5) is 13.2 Å². The van der Waals surface area contributed by atoms with Gasteiger partial charge in [-0.05, 0) is 17.7 Å².